The molecule has 0 bridgehead atoms. The third-order valence-electron chi connectivity index (χ3n) is 4.23. The van der Waals surface area contributed by atoms with Crippen LogP contribution in [0.1, 0.15) is 18.5 Å². The zero-order valence-corrected chi connectivity index (χ0v) is 13.8. The minimum absolute atomic E-state index is 0.172. The molecule has 0 N–H and O–H groups in total. The fourth-order valence-corrected chi connectivity index (χ4v) is 3.19. The highest BCUT2D eigenvalue weighted by molar-refractivity contribution is 6.30. The number of hydrogen-bond donors (Lipinski definition) is 0. The summed E-state index contributed by atoms with van der Waals surface area (Å²) in [6.45, 7) is 2.71. The Morgan fingerprint density at radius 3 is 2.73 bits per heavy atom. The largest absolute Gasteiger partial charge is 0.349 e. The summed E-state index contributed by atoms with van der Waals surface area (Å²) in [6.07, 6.45) is 5.75. The number of piperidine rings is 1. The monoisotopic (exact) mass is 320 g/mol. The topological polar surface area (TPSA) is 40.9 Å². The van der Waals surface area contributed by atoms with Gasteiger partial charge in [-0.3, -0.25) is 9.69 Å². The van der Waals surface area contributed by atoms with E-state index >= 15 is 0 Å². The van der Waals surface area contributed by atoms with Gasteiger partial charge in [0.1, 0.15) is 5.65 Å². The quantitative estimate of drug-likeness (QED) is 0.871. The predicted molar refractivity (Wildman–Crippen MR) is 86.9 cm³/mol. The Hall–Kier alpha value is -1.59. The number of amides is 1. The molecular weight excluding hydrogens is 300 g/mol. The molecule has 6 heteroatoms. The van der Waals surface area contributed by atoms with Crippen molar-refractivity contribution in [1.29, 1.82) is 0 Å². The molecule has 3 rings (SSSR count). The number of likely N-dealkylation sites (tertiary alicyclic amines) is 1. The van der Waals surface area contributed by atoms with Gasteiger partial charge in [-0.15, -0.1) is 0 Å². The van der Waals surface area contributed by atoms with Crippen molar-refractivity contribution in [3.8, 4) is 0 Å². The number of halogens is 1. The molecule has 118 valence electrons. The van der Waals surface area contributed by atoms with Crippen molar-refractivity contribution >= 4 is 23.2 Å². The van der Waals surface area contributed by atoms with Crippen molar-refractivity contribution in [3.63, 3.8) is 0 Å². The number of nitrogens with zero attached hydrogens (tertiary/aromatic N) is 4. The van der Waals surface area contributed by atoms with E-state index in [1.807, 2.05) is 43.0 Å². The van der Waals surface area contributed by atoms with Gasteiger partial charge in [-0.05, 0) is 38.1 Å². The molecule has 0 aliphatic carbocycles. The molecule has 0 radical (unpaired) electrons. The van der Waals surface area contributed by atoms with Crippen molar-refractivity contribution in [2.24, 2.45) is 5.92 Å². The normalized spacial score (nSPS) is 17.0. The van der Waals surface area contributed by atoms with Crippen LogP contribution in [0.25, 0.3) is 5.65 Å². The van der Waals surface area contributed by atoms with Gasteiger partial charge in [0.2, 0.25) is 5.91 Å². The van der Waals surface area contributed by atoms with E-state index in [9.17, 15) is 4.79 Å². The first-order chi connectivity index (χ1) is 10.5. The van der Waals surface area contributed by atoms with Gasteiger partial charge < -0.3 is 9.30 Å². The summed E-state index contributed by atoms with van der Waals surface area (Å²) in [7, 11) is 3.66. The highest BCUT2D eigenvalue weighted by atomic mass is 35.5. The fourth-order valence-electron chi connectivity index (χ4n) is 3.03. The summed E-state index contributed by atoms with van der Waals surface area (Å²) in [5, 5.41) is 0.708. The Morgan fingerprint density at radius 1 is 1.32 bits per heavy atom. The van der Waals surface area contributed by atoms with Gasteiger partial charge in [0, 0.05) is 39.0 Å². The van der Waals surface area contributed by atoms with Crippen LogP contribution in [0.15, 0.2) is 24.5 Å². The van der Waals surface area contributed by atoms with Gasteiger partial charge in [-0.1, -0.05) is 11.6 Å². The minimum Gasteiger partial charge on any atom is -0.349 e. The van der Waals surface area contributed by atoms with Crippen LogP contribution in [0.4, 0.5) is 0 Å². The average molecular weight is 321 g/mol. The predicted octanol–water partition coefficient (Wildman–Crippen LogP) is 2.29. The van der Waals surface area contributed by atoms with Crippen molar-refractivity contribution in [1.82, 2.24) is 19.2 Å². The number of pyridine rings is 1. The minimum atomic E-state index is 0.172. The van der Waals surface area contributed by atoms with Crippen molar-refractivity contribution in [2.75, 3.05) is 27.2 Å². The molecule has 1 fully saturated rings. The number of fused-ring (bicyclic) bond motifs is 1. The zero-order valence-electron chi connectivity index (χ0n) is 13.0. The SMILES string of the molecule is CN(C)C(=O)C1CCN(Cc2cn3cc(Cl)ccc3n2)CC1. The van der Waals surface area contributed by atoms with E-state index in [2.05, 4.69) is 9.88 Å². The summed E-state index contributed by atoms with van der Waals surface area (Å²) in [4.78, 5) is 20.7. The summed E-state index contributed by atoms with van der Waals surface area (Å²) in [6, 6.07) is 3.78. The van der Waals surface area contributed by atoms with Crippen LogP contribution in [0.5, 0.6) is 0 Å². The molecule has 2 aromatic rings. The first-order valence-corrected chi connectivity index (χ1v) is 7.97. The van der Waals surface area contributed by atoms with Crippen LogP contribution in [0.2, 0.25) is 5.02 Å². The van der Waals surface area contributed by atoms with Gasteiger partial charge in [0.25, 0.3) is 0 Å². The Kier molecular flexibility index (Phi) is 4.36. The number of carbonyl (C=O) groups is 1. The van der Waals surface area contributed by atoms with Crippen molar-refractivity contribution in [2.45, 2.75) is 19.4 Å². The summed E-state index contributed by atoms with van der Waals surface area (Å²) in [5.74, 6) is 0.424. The summed E-state index contributed by atoms with van der Waals surface area (Å²) in [5.41, 5.74) is 1.96. The number of carbonyl (C=O) groups excluding carboxylic acids is 1. The van der Waals surface area contributed by atoms with Gasteiger partial charge in [-0.25, -0.2) is 4.98 Å². The van der Waals surface area contributed by atoms with Crippen LogP contribution in [-0.2, 0) is 11.3 Å². The highest BCUT2D eigenvalue weighted by Gasteiger charge is 2.26. The smallest absolute Gasteiger partial charge is 0.225 e. The Balaban J connectivity index is 1.61. The molecule has 0 unspecified atom stereocenters. The van der Waals surface area contributed by atoms with Gasteiger partial charge in [0.15, 0.2) is 0 Å². The maximum absolute atomic E-state index is 12.0. The number of hydrogen-bond acceptors (Lipinski definition) is 3. The summed E-state index contributed by atoms with van der Waals surface area (Å²) >= 11 is 6.00. The third kappa shape index (κ3) is 3.25. The molecule has 1 aliphatic rings. The molecule has 1 saturated heterocycles. The van der Waals surface area contributed by atoms with Crippen molar-refractivity contribution in [3.05, 3.63) is 35.2 Å². The zero-order chi connectivity index (χ0) is 15.7. The van der Waals surface area contributed by atoms with E-state index in [-0.39, 0.29) is 11.8 Å². The lowest BCUT2D eigenvalue weighted by Crippen LogP contribution is -2.39. The molecule has 1 aliphatic heterocycles. The second-order valence-electron chi connectivity index (χ2n) is 6.13. The number of imidazole rings is 1. The molecule has 5 nitrogen and oxygen atoms in total. The van der Waals surface area contributed by atoms with Crippen LogP contribution in [0.3, 0.4) is 0 Å². The Morgan fingerprint density at radius 2 is 2.05 bits per heavy atom. The molecule has 0 atom stereocenters. The maximum Gasteiger partial charge on any atom is 0.225 e. The van der Waals surface area contributed by atoms with Crippen LogP contribution in [0, 0.1) is 5.92 Å². The van der Waals surface area contributed by atoms with E-state index in [0.29, 0.717) is 5.02 Å². The number of aromatic nitrogens is 2. The second-order valence-corrected chi connectivity index (χ2v) is 6.56. The molecular formula is C16H21ClN4O. The van der Waals surface area contributed by atoms with Gasteiger partial charge in [-0.2, -0.15) is 0 Å². The van der Waals surface area contributed by atoms with Gasteiger partial charge in [0.05, 0.1) is 10.7 Å². The van der Waals surface area contributed by atoms with Gasteiger partial charge >= 0.3 is 0 Å². The highest BCUT2D eigenvalue weighted by Crippen LogP contribution is 2.21. The van der Waals surface area contributed by atoms with Crippen molar-refractivity contribution < 1.29 is 4.79 Å². The average Bonchev–Trinajstić information content (AvgIpc) is 2.88. The molecule has 2 aromatic heterocycles. The van der Waals surface area contributed by atoms with E-state index in [1.54, 1.807) is 4.90 Å². The number of rotatable bonds is 3. The third-order valence-corrected chi connectivity index (χ3v) is 4.45. The summed E-state index contributed by atoms with van der Waals surface area (Å²) < 4.78 is 1.96. The van der Waals surface area contributed by atoms with E-state index in [0.717, 1.165) is 43.8 Å². The van der Waals surface area contributed by atoms with E-state index in [1.165, 1.54) is 0 Å². The molecule has 0 aromatic carbocycles. The van der Waals surface area contributed by atoms with E-state index in [4.69, 9.17) is 11.6 Å². The Labute approximate surface area is 135 Å². The lowest BCUT2D eigenvalue weighted by atomic mass is 9.95. The molecule has 3 heterocycles. The first kappa shape index (κ1) is 15.3. The fraction of sp³-hybridized carbons (Fsp3) is 0.500. The van der Waals surface area contributed by atoms with Crippen LogP contribution in [-0.4, -0.2) is 52.3 Å². The molecule has 0 saturated carbocycles. The molecule has 1 amide bonds. The standard InChI is InChI=1S/C16H21ClN4O/c1-19(2)16(22)12-5-7-20(8-6-12)10-14-11-21-9-13(17)3-4-15(21)18-14/h3-4,9,11-12H,5-8,10H2,1-2H3. The molecule has 0 spiro atoms. The Bertz CT molecular complexity index is 674. The lowest BCUT2D eigenvalue weighted by molar-refractivity contribution is -0.134. The van der Waals surface area contributed by atoms with E-state index < -0.39 is 0 Å². The first-order valence-electron chi connectivity index (χ1n) is 7.59. The lowest BCUT2D eigenvalue weighted by Gasteiger charge is -2.31. The van der Waals surface area contributed by atoms with Crippen LogP contribution < -0.4 is 0 Å². The van der Waals surface area contributed by atoms with Crippen LogP contribution >= 0.6 is 11.6 Å². The maximum atomic E-state index is 12.0. The second kappa shape index (κ2) is 6.26. The molecule has 22 heavy (non-hydrogen) atoms.